The summed E-state index contributed by atoms with van der Waals surface area (Å²) in [5, 5.41) is 1.81. The van der Waals surface area contributed by atoms with Crippen LogP contribution in [0.25, 0.3) is 0 Å². The highest BCUT2D eigenvalue weighted by molar-refractivity contribution is 6.00. The lowest BCUT2D eigenvalue weighted by Crippen LogP contribution is -2.65. The number of aromatic nitrogens is 2. The third-order valence-corrected chi connectivity index (χ3v) is 15.8. The smallest absolute Gasteiger partial charge is 0.420 e. The number of carbonyl (C=O) groups excluding carboxylic acids is 4. The number of likely N-dealkylation sites (N-methyl/N-ethyl adjacent to an activating group) is 1. The number of fused-ring (bicyclic) bond motifs is 9. The number of hydrogen-bond donors (Lipinski definition) is 0. The van der Waals surface area contributed by atoms with E-state index in [2.05, 4.69) is 4.98 Å². The lowest BCUT2D eigenvalue weighted by molar-refractivity contribution is -0.453. The molecule has 6 heterocycles. The molecule has 17 nitrogen and oxygen atoms in total. The Morgan fingerprint density at radius 3 is 2.36 bits per heavy atom. The molecule has 70 heavy (non-hydrogen) atoms. The fraction of sp³-hybridized carbons (Fsp3) is 0.604. The highest BCUT2D eigenvalue weighted by Crippen LogP contribution is 2.53. The highest BCUT2D eigenvalue weighted by atomic mass is 16.8. The molecule has 1 aliphatic carbocycles. The number of ketones is 1. The Balaban J connectivity index is 1.16. The first kappa shape index (κ1) is 50.1. The zero-order chi connectivity index (χ0) is 50.0. The first-order valence-electron chi connectivity index (χ1n) is 24.5. The van der Waals surface area contributed by atoms with Gasteiger partial charge in [-0.3, -0.25) is 14.4 Å². The van der Waals surface area contributed by atoms with E-state index in [9.17, 15) is 14.4 Å². The fourth-order valence-electron chi connectivity index (χ4n) is 11.6. The van der Waals surface area contributed by atoms with Gasteiger partial charge in [-0.2, -0.15) is 5.06 Å². The van der Waals surface area contributed by atoms with E-state index in [0.29, 0.717) is 29.5 Å². The number of imidazole rings is 1. The Morgan fingerprint density at radius 2 is 1.66 bits per heavy atom. The van der Waals surface area contributed by atoms with Crippen molar-refractivity contribution in [3.63, 3.8) is 0 Å². The zero-order valence-electron chi connectivity index (χ0n) is 41.8. The second-order valence-corrected chi connectivity index (χ2v) is 20.7. The SMILES string of the molecule is CO[C@@]1(C)C[C@@H]2C(=O)/C(C)=C/[C@@]3(OC(=O)n4ccnc4)C(C)[C@H]3OC(=O)[C@H](C)[C@@H](OC3C[C@H](C)C(OC(=O)c4ccccc4)[C@H](C)O3)[C@H](C)[C@H]1OC1O[C@H](C)C[C@H]3[C@H]1OC(C)(ON3C)c1cccc2c1. The molecular weight excluding hydrogens is 903 g/mol. The van der Waals surface area contributed by atoms with Gasteiger partial charge in [0, 0.05) is 62.2 Å². The fourth-order valence-corrected chi connectivity index (χ4v) is 11.6. The number of rotatable bonds is 6. The molecule has 0 radical (unpaired) electrons. The number of benzene rings is 2. The number of carbonyl (C=O) groups is 4. The second-order valence-electron chi connectivity index (χ2n) is 20.7. The van der Waals surface area contributed by atoms with E-state index in [4.69, 9.17) is 47.5 Å². The van der Waals surface area contributed by atoms with Crippen LogP contribution in [0, 0.1) is 23.7 Å². The number of methoxy groups -OCH3 is 1. The molecule has 378 valence electrons. The number of allylic oxidation sites excluding steroid dienone is 1. The third-order valence-electron chi connectivity index (χ3n) is 15.8. The van der Waals surface area contributed by atoms with Gasteiger partial charge in [0.25, 0.3) is 0 Å². The second kappa shape index (κ2) is 19.3. The van der Waals surface area contributed by atoms with Crippen LogP contribution in [0.2, 0.25) is 0 Å². The van der Waals surface area contributed by atoms with E-state index in [1.807, 2.05) is 90.9 Å². The first-order valence-corrected chi connectivity index (χ1v) is 24.5. The molecule has 6 aliphatic rings. The highest BCUT2D eigenvalue weighted by Gasteiger charge is 2.69. The predicted molar refractivity (Wildman–Crippen MR) is 250 cm³/mol. The van der Waals surface area contributed by atoms with Gasteiger partial charge in [-0.25, -0.2) is 19.1 Å². The summed E-state index contributed by atoms with van der Waals surface area (Å²) in [6.07, 6.45) is -0.839. The van der Waals surface area contributed by atoms with Gasteiger partial charge >= 0.3 is 18.0 Å². The van der Waals surface area contributed by atoms with Crippen molar-refractivity contribution in [2.45, 2.75) is 166 Å². The first-order chi connectivity index (χ1) is 33.3. The van der Waals surface area contributed by atoms with Crippen LogP contribution in [0.5, 0.6) is 0 Å². The zero-order valence-corrected chi connectivity index (χ0v) is 41.8. The average molecular weight is 970 g/mol. The van der Waals surface area contributed by atoms with Crippen molar-refractivity contribution in [1.82, 2.24) is 14.6 Å². The van der Waals surface area contributed by atoms with E-state index in [0.717, 1.165) is 0 Å². The Labute approximate surface area is 409 Å². The number of Topliss-reactive ketones (excluding diaryl/α,β-unsaturated/α-hetero) is 1. The molecule has 4 fully saturated rings. The molecule has 5 unspecified atom stereocenters. The Kier molecular flexibility index (Phi) is 13.8. The molecule has 0 amide bonds. The van der Waals surface area contributed by atoms with Gasteiger partial charge in [0.1, 0.15) is 18.5 Å². The summed E-state index contributed by atoms with van der Waals surface area (Å²) in [5.74, 6) is -6.05. The van der Waals surface area contributed by atoms with Crippen LogP contribution in [0.1, 0.15) is 109 Å². The summed E-state index contributed by atoms with van der Waals surface area (Å²) in [6.45, 7) is 16.7. The van der Waals surface area contributed by atoms with Crippen LogP contribution >= 0.6 is 0 Å². The minimum atomic E-state index is -1.52. The van der Waals surface area contributed by atoms with Crippen molar-refractivity contribution in [2.24, 2.45) is 23.7 Å². The van der Waals surface area contributed by atoms with Crippen molar-refractivity contribution < 1.29 is 66.6 Å². The summed E-state index contributed by atoms with van der Waals surface area (Å²) in [4.78, 5) is 68.0. The molecule has 2 aromatic carbocycles. The van der Waals surface area contributed by atoms with Crippen LogP contribution in [0.3, 0.4) is 0 Å². The molecule has 1 aromatic heterocycles. The molecule has 6 bridgehead atoms. The van der Waals surface area contributed by atoms with Crippen LogP contribution in [-0.2, 0) is 62.8 Å². The molecule has 17 heteroatoms. The van der Waals surface area contributed by atoms with Crippen molar-refractivity contribution >= 4 is 23.8 Å². The quantitative estimate of drug-likeness (QED) is 0.178. The average Bonchev–Trinajstić information content (AvgIpc) is 3.62. The van der Waals surface area contributed by atoms with Crippen LogP contribution < -0.4 is 0 Å². The van der Waals surface area contributed by atoms with Crippen LogP contribution in [0.4, 0.5) is 4.79 Å². The number of esters is 2. The maximum atomic E-state index is 15.5. The molecule has 3 saturated heterocycles. The van der Waals surface area contributed by atoms with Gasteiger partial charge in [-0.05, 0) is 89.8 Å². The van der Waals surface area contributed by atoms with E-state index in [1.54, 1.807) is 51.3 Å². The number of nitrogens with zero attached hydrogens (tertiary/aromatic N) is 3. The summed E-state index contributed by atoms with van der Waals surface area (Å²) >= 11 is 0. The predicted octanol–water partition coefficient (Wildman–Crippen LogP) is 7.27. The standard InChI is InChI=1S/C53H67N3O14/c1-28-22-40(63-34(7)42(28)65-48(59)35-16-13-12-14-17-35)64-43-31(4)45-51(8,61-11)26-38(36-18-15-19-37(24-36)52(9)68-44-39(55(10)70-52)23-30(3)62-49(44)67-45)41(57)29(2)25-53(69-50(60)56-21-20-54-27-56)33(6)46(53)66-47(58)32(43)5/h12-21,24-25,27-28,30-34,38-40,42-46,49H,22-23,26H2,1-11H3/b29-25+/t28-,30+,31-,32+,33?,34-,38-,39-,40?,42?,43-,44+,45+,46+,49?,51-,52?,53+/m0/s1. The monoisotopic (exact) mass is 969 g/mol. The molecule has 9 rings (SSSR count). The van der Waals surface area contributed by atoms with Crippen LogP contribution in [-0.4, -0.2) is 125 Å². The van der Waals surface area contributed by atoms with Crippen LogP contribution in [0.15, 0.2) is 85.0 Å². The maximum Gasteiger partial charge on any atom is 0.420 e. The van der Waals surface area contributed by atoms with Crippen molar-refractivity contribution in [2.75, 3.05) is 14.2 Å². The van der Waals surface area contributed by atoms with Gasteiger partial charge in [-0.1, -0.05) is 57.2 Å². The Hall–Kier alpha value is -4.85. The maximum absolute atomic E-state index is 15.5. The Bertz CT molecular complexity index is 2440. The lowest BCUT2D eigenvalue weighted by atomic mass is 9.74. The summed E-state index contributed by atoms with van der Waals surface area (Å²) in [7, 11) is 3.46. The van der Waals surface area contributed by atoms with Crippen molar-refractivity contribution in [3.05, 3.63) is 102 Å². The minimum absolute atomic E-state index is 0.0927. The molecule has 1 saturated carbocycles. The lowest BCUT2D eigenvalue weighted by Gasteiger charge is -2.54. The van der Waals surface area contributed by atoms with Gasteiger partial charge in [0.05, 0.1) is 47.5 Å². The normalized spacial score (nSPS) is 41.8. The molecule has 0 N–H and O–H groups in total. The third kappa shape index (κ3) is 9.28. The number of hydrogen-bond acceptors (Lipinski definition) is 16. The number of hydroxylamine groups is 2. The van der Waals surface area contributed by atoms with E-state index in [1.165, 1.54) is 23.3 Å². The van der Waals surface area contributed by atoms with Gasteiger partial charge < -0.3 is 42.6 Å². The Morgan fingerprint density at radius 1 is 0.900 bits per heavy atom. The van der Waals surface area contributed by atoms with Gasteiger partial charge in [0.15, 0.2) is 30.1 Å². The van der Waals surface area contributed by atoms with Gasteiger partial charge in [0.2, 0.25) is 5.79 Å². The number of ether oxygens (including phenoxy) is 9. The molecule has 18 atom stereocenters. The molecule has 5 aliphatic heterocycles. The van der Waals surface area contributed by atoms with Gasteiger partial charge in [-0.15, -0.1) is 0 Å². The van der Waals surface area contributed by atoms with E-state index >= 15 is 4.79 Å². The summed E-state index contributed by atoms with van der Waals surface area (Å²) in [5.41, 5.74) is -0.754. The van der Waals surface area contributed by atoms with E-state index < -0.39 is 108 Å². The molecule has 0 spiro atoms. The minimum Gasteiger partial charge on any atom is -0.457 e. The summed E-state index contributed by atoms with van der Waals surface area (Å²) in [6, 6.07) is 16.1. The van der Waals surface area contributed by atoms with Crippen molar-refractivity contribution in [3.8, 4) is 0 Å². The topological polar surface area (TPSA) is 182 Å². The molecular formula is C53H67N3O14. The summed E-state index contributed by atoms with van der Waals surface area (Å²) < 4.78 is 61.2. The largest absolute Gasteiger partial charge is 0.457 e. The van der Waals surface area contributed by atoms with E-state index in [-0.39, 0.29) is 35.8 Å². The molecule has 3 aromatic rings. The van der Waals surface area contributed by atoms with Crippen molar-refractivity contribution in [1.29, 1.82) is 0 Å².